The van der Waals surface area contributed by atoms with Crippen LogP contribution in [0.2, 0.25) is 0 Å². The summed E-state index contributed by atoms with van der Waals surface area (Å²) in [4.78, 5) is 17.9. The molecule has 2 aliphatic rings. The summed E-state index contributed by atoms with van der Waals surface area (Å²) < 4.78 is 10.2. The van der Waals surface area contributed by atoms with Crippen LogP contribution in [0.4, 0.5) is 10.9 Å². The second kappa shape index (κ2) is 7.16. The summed E-state index contributed by atoms with van der Waals surface area (Å²) in [6.45, 7) is 5.66. The van der Waals surface area contributed by atoms with Crippen LogP contribution < -0.4 is 14.5 Å². The summed E-state index contributed by atoms with van der Waals surface area (Å²) in [5, 5.41) is 9.64. The maximum atomic E-state index is 6.14. The normalized spacial score (nSPS) is 17.8. The summed E-state index contributed by atoms with van der Waals surface area (Å²) in [6.07, 6.45) is 5.43. The molecule has 3 aromatic heterocycles. The van der Waals surface area contributed by atoms with Gasteiger partial charge in [-0.15, -0.1) is 0 Å². The Balaban J connectivity index is 1.25. The van der Waals surface area contributed by atoms with E-state index in [1.165, 1.54) is 11.5 Å². The van der Waals surface area contributed by atoms with Crippen LogP contribution in [0.1, 0.15) is 19.8 Å². The van der Waals surface area contributed by atoms with E-state index in [0.29, 0.717) is 0 Å². The van der Waals surface area contributed by atoms with Gasteiger partial charge in [-0.05, 0) is 38.0 Å². The molecule has 0 atom stereocenters. The maximum absolute atomic E-state index is 6.14. The van der Waals surface area contributed by atoms with Crippen molar-refractivity contribution in [3.8, 4) is 17.1 Å². The average Bonchev–Trinajstić information content (AvgIpc) is 3.21. The van der Waals surface area contributed by atoms with Crippen LogP contribution in [0.5, 0.6) is 5.75 Å². The second-order valence-corrected chi connectivity index (χ2v) is 9.05. The molecular formula is C21H22N8OS. The first-order valence-corrected chi connectivity index (χ1v) is 11.2. The molecule has 1 aromatic carbocycles. The number of nitrogens with one attached hydrogen (secondary N) is 1. The molecule has 31 heavy (non-hydrogen) atoms. The Hall–Kier alpha value is -3.27. The number of fused-ring (bicyclic) bond motifs is 1. The van der Waals surface area contributed by atoms with Crippen molar-refractivity contribution in [3.05, 3.63) is 36.9 Å². The summed E-state index contributed by atoms with van der Waals surface area (Å²) in [7, 11) is 0. The van der Waals surface area contributed by atoms with Gasteiger partial charge in [-0.2, -0.15) is 9.47 Å². The van der Waals surface area contributed by atoms with Crippen LogP contribution in [0, 0.1) is 0 Å². The highest BCUT2D eigenvalue weighted by Gasteiger charge is 2.40. The topological polar surface area (TPSA) is 96.0 Å². The van der Waals surface area contributed by atoms with Crippen molar-refractivity contribution in [2.75, 3.05) is 36.0 Å². The van der Waals surface area contributed by atoms with Crippen molar-refractivity contribution in [2.45, 2.75) is 25.4 Å². The van der Waals surface area contributed by atoms with E-state index in [4.69, 9.17) is 4.74 Å². The summed E-state index contributed by atoms with van der Waals surface area (Å²) in [6, 6.07) is 8.09. The first-order chi connectivity index (χ1) is 15.2. The standard InChI is InChI=1S/C21H22N8OS/c1-21(4-5-21)30-14-2-3-16-15(10-14)19(27-26-16)17-11-18(23-12-22-17)28-6-8-29(9-7-28)20-24-13-25-31-20/h2-3,10-13H,4-9H2,1H3,(H,26,27). The predicted octanol–water partition coefficient (Wildman–Crippen LogP) is 3.13. The number of anilines is 2. The molecule has 10 heteroatoms. The third-order valence-corrected chi connectivity index (χ3v) is 6.70. The lowest BCUT2D eigenvalue weighted by Gasteiger charge is -2.35. The average molecular weight is 435 g/mol. The van der Waals surface area contributed by atoms with E-state index in [1.54, 1.807) is 12.7 Å². The number of ether oxygens (including phenoxy) is 1. The van der Waals surface area contributed by atoms with Crippen molar-refractivity contribution in [3.63, 3.8) is 0 Å². The number of H-pyrrole nitrogens is 1. The highest BCUT2D eigenvalue weighted by atomic mass is 32.1. The summed E-state index contributed by atoms with van der Waals surface area (Å²) >= 11 is 1.44. The zero-order valence-electron chi connectivity index (χ0n) is 17.2. The van der Waals surface area contributed by atoms with Crippen molar-refractivity contribution in [1.82, 2.24) is 29.5 Å². The molecule has 4 aromatic rings. The predicted molar refractivity (Wildman–Crippen MR) is 120 cm³/mol. The smallest absolute Gasteiger partial charge is 0.205 e. The summed E-state index contributed by atoms with van der Waals surface area (Å²) in [5.74, 6) is 1.79. The van der Waals surface area contributed by atoms with Crippen molar-refractivity contribution < 1.29 is 4.74 Å². The third kappa shape index (κ3) is 3.56. The fraction of sp³-hybridized carbons (Fsp3) is 0.381. The number of aromatic nitrogens is 6. The molecule has 0 unspecified atom stereocenters. The molecule has 2 fully saturated rings. The number of aromatic amines is 1. The molecule has 4 heterocycles. The van der Waals surface area contributed by atoms with Gasteiger partial charge in [-0.25, -0.2) is 15.0 Å². The van der Waals surface area contributed by atoms with Crippen LogP contribution in [-0.4, -0.2) is 61.3 Å². The Labute approximate surface area is 183 Å². The van der Waals surface area contributed by atoms with Crippen molar-refractivity contribution >= 4 is 33.4 Å². The van der Waals surface area contributed by atoms with Crippen molar-refractivity contribution in [1.29, 1.82) is 0 Å². The lowest BCUT2D eigenvalue weighted by atomic mass is 10.1. The van der Waals surface area contributed by atoms with E-state index in [2.05, 4.69) is 52.3 Å². The molecule has 1 aliphatic carbocycles. The van der Waals surface area contributed by atoms with E-state index < -0.39 is 0 Å². The minimum atomic E-state index is -0.0174. The second-order valence-electron chi connectivity index (χ2n) is 8.29. The fourth-order valence-electron chi connectivity index (χ4n) is 3.90. The third-order valence-electron chi connectivity index (χ3n) is 5.97. The number of hydrogen-bond acceptors (Lipinski definition) is 9. The quantitative estimate of drug-likeness (QED) is 0.512. The van der Waals surface area contributed by atoms with Gasteiger partial charge in [-0.3, -0.25) is 5.10 Å². The molecule has 1 aliphatic heterocycles. The van der Waals surface area contributed by atoms with Gasteiger partial charge in [-0.1, -0.05) is 0 Å². The molecule has 1 N–H and O–H groups in total. The van der Waals surface area contributed by atoms with Crippen LogP contribution in [0.3, 0.4) is 0 Å². The van der Waals surface area contributed by atoms with Gasteiger partial charge in [0.1, 0.15) is 35.5 Å². The lowest BCUT2D eigenvalue weighted by molar-refractivity contribution is 0.200. The van der Waals surface area contributed by atoms with Gasteiger partial charge in [0.05, 0.1) is 11.2 Å². The highest BCUT2D eigenvalue weighted by molar-refractivity contribution is 7.09. The zero-order valence-corrected chi connectivity index (χ0v) is 18.0. The molecule has 0 spiro atoms. The van der Waals surface area contributed by atoms with E-state index >= 15 is 0 Å². The van der Waals surface area contributed by atoms with E-state index in [9.17, 15) is 0 Å². The molecule has 0 amide bonds. The number of hydrogen-bond donors (Lipinski definition) is 1. The van der Waals surface area contributed by atoms with Gasteiger partial charge in [0, 0.05) is 49.2 Å². The highest BCUT2D eigenvalue weighted by Crippen LogP contribution is 2.40. The van der Waals surface area contributed by atoms with Crippen molar-refractivity contribution in [2.24, 2.45) is 0 Å². The van der Waals surface area contributed by atoms with Gasteiger partial charge in [0.25, 0.3) is 0 Å². The Morgan fingerprint density at radius 3 is 2.61 bits per heavy atom. The van der Waals surface area contributed by atoms with Crippen LogP contribution in [0.25, 0.3) is 22.3 Å². The largest absolute Gasteiger partial charge is 0.488 e. The zero-order chi connectivity index (χ0) is 20.8. The summed E-state index contributed by atoms with van der Waals surface area (Å²) in [5.41, 5.74) is 2.57. The Kier molecular flexibility index (Phi) is 4.27. The maximum Gasteiger partial charge on any atom is 0.205 e. The van der Waals surface area contributed by atoms with E-state index in [-0.39, 0.29) is 5.60 Å². The van der Waals surface area contributed by atoms with Gasteiger partial charge in [0.15, 0.2) is 0 Å². The number of benzene rings is 1. The van der Waals surface area contributed by atoms with Crippen LogP contribution >= 0.6 is 11.5 Å². The first kappa shape index (κ1) is 18.5. The minimum Gasteiger partial charge on any atom is -0.488 e. The van der Waals surface area contributed by atoms with E-state index in [1.807, 2.05) is 18.2 Å². The van der Waals surface area contributed by atoms with Crippen LogP contribution in [-0.2, 0) is 0 Å². The molecule has 0 bridgehead atoms. The number of rotatable bonds is 5. The molecular weight excluding hydrogens is 412 g/mol. The van der Waals surface area contributed by atoms with Crippen LogP contribution in [0.15, 0.2) is 36.9 Å². The molecule has 6 rings (SSSR count). The molecule has 158 valence electrons. The molecule has 9 nitrogen and oxygen atoms in total. The van der Waals surface area contributed by atoms with E-state index in [0.717, 1.165) is 78.0 Å². The van der Waals surface area contributed by atoms with Gasteiger partial charge >= 0.3 is 0 Å². The number of piperazine rings is 1. The fourth-order valence-corrected chi connectivity index (χ4v) is 4.48. The Morgan fingerprint density at radius 1 is 1.00 bits per heavy atom. The molecule has 0 radical (unpaired) electrons. The molecule has 1 saturated heterocycles. The Bertz CT molecular complexity index is 1210. The first-order valence-electron chi connectivity index (χ1n) is 10.4. The molecule has 1 saturated carbocycles. The lowest BCUT2D eigenvalue weighted by Crippen LogP contribution is -2.46. The number of nitrogens with zero attached hydrogens (tertiary/aromatic N) is 7. The monoisotopic (exact) mass is 434 g/mol. The minimum absolute atomic E-state index is 0.0174. The Morgan fingerprint density at radius 2 is 1.84 bits per heavy atom. The van der Waals surface area contributed by atoms with Gasteiger partial charge in [0.2, 0.25) is 5.13 Å². The van der Waals surface area contributed by atoms with Gasteiger partial charge < -0.3 is 14.5 Å². The SMILES string of the molecule is CC1(Oc2ccc3[nH]nc(-c4cc(N5CCN(c6ncns6)CC5)ncn4)c3c2)CC1.